The van der Waals surface area contributed by atoms with Crippen molar-refractivity contribution in [2.45, 2.75) is 49.8 Å². The van der Waals surface area contributed by atoms with Gasteiger partial charge in [0.05, 0.1) is 6.04 Å². The number of nitrogens with one attached hydrogen (secondary N) is 1. The SMILES string of the molecule is O=C(NCCc1cccs1)C(O)C(O)C(=O)N1CCCCC1c1ccccc1CCl. The lowest BCUT2D eigenvalue weighted by Crippen LogP contribution is -2.52. The number of amides is 2. The summed E-state index contributed by atoms with van der Waals surface area (Å²) in [6.45, 7) is 0.788. The van der Waals surface area contributed by atoms with E-state index in [1.165, 1.54) is 0 Å². The van der Waals surface area contributed by atoms with Crippen molar-refractivity contribution in [2.24, 2.45) is 0 Å². The highest BCUT2D eigenvalue weighted by molar-refractivity contribution is 7.09. The fraction of sp³-hybridized carbons (Fsp3) is 0.455. The maximum absolute atomic E-state index is 13.0. The summed E-state index contributed by atoms with van der Waals surface area (Å²) in [5.74, 6) is -1.06. The van der Waals surface area contributed by atoms with Gasteiger partial charge in [-0.2, -0.15) is 0 Å². The maximum atomic E-state index is 13.0. The number of hydrogen-bond acceptors (Lipinski definition) is 5. The molecule has 0 spiro atoms. The monoisotopic (exact) mass is 450 g/mol. The Morgan fingerprint density at radius 2 is 1.97 bits per heavy atom. The van der Waals surface area contributed by atoms with Crippen molar-refractivity contribution in [3.8, 4) is 0 Å². The predicted octanol–water partition coefficient (Wildman–Crippen LogP) is 2.62. The summed E-state index contributed by atoms with van der Waals surface area (Å²) < 4.78 is 0. The molecule has 8 heteroatoms. The molecule has 3 rings (SSSR count). The highest BCUT2D eigenvalue weighted by Gasteiger charge is 2.37. The minimum atomic E-state index is -1.81. The van der Waals surface area contributed by atoms with Crippen molar-refractivity contribution in [1.29, 1.82) is 0 Å². The highest BCUT2D eigenvalue weighted by atomic mass is 35.5. The fourth-order valence-corrected chi connectivity index (χ4v) is 4.77. The Balaban J connectivity index is 1.64. The Hall–Kier alpha value is -1.93. The third kappa shape index (κ3) is 5.40. The Morgan fingerprint density at radius 3 is 2.70 bits per heavy atom. The van der Waals surface area contributed by atoms with Gasteiger partial charge in [-0.25, -0.2) is 0 Å². The van der Waals surface area contributed by atoms with Gasteiger partial charge in [-0.1, -0.05) is 30.3 Å². The van der Waals surface area contributed by atoms with Crippen LogP contribution in [0.15, 0.2) is 41.8 Å². The van der Waals surface area contributed by atoms with Gasteiger partial charge in [-0.05, 0) is 48.3 Å². The minimum Gasteiger partial charge on any atom is -0.380 e. The molecular formula is C22H27ClN2O4S. The number of thiophene rings is 1. The van der Waals surface area contributed by atoms with Crippen LogP contribution >= 0.6 is 22.9 Å². The topological polar surface area (TPSA) is 89.9 Å². The second-order valence-electron chi connectivity index (χ2n) is 7.39. The van der Waals surface area contributed by atoms with Gasteiger partial charge < -0.3 is 20.4 Å². The van der Waals surface area contributed by atoms with Crippen molar-refractivity contribution < 1.29 is 19.8 Å². The van der Waals surface area contributed by atoms with Crippen molar-refractivity contribution in [3.05, 3.63) is 57.8 Å². The van der Waals surface area contributed by atoms with Gasteiger partial charge >= 0.3 is 0 Å². The molecule has 1 fully saturated rings. The molecule has 3 unspecified atom stereocenters. The summed E-state index contributed by atoms with van der Waals surface area (Å²) in [4.78, 5) is 27.9. The Kier molecular flexibility index (Phi) is 8.27. The maximum Gasteiger partial charge on any atom is 0.255 e. The van der Waals surface area contributed by atoms with Gasteiger partial charge in [0.15, 0.2) is 12.2 Å². The van der Waals surface area contributed by atoms with Crippen molar-refractivity contribution in [1.82, 2.24) is 10.2 Å². The molecule has 1 aromatic heterocycles. The number of piperidine rings is 1. The van der Waals surface area contributed by atoms with Gasteiger partial charge in [0.2, 0.25) is 0 Å². The molecule has 1 aliphatic rings. The number of halogens is 1. The average Bonchev–Trinajstić information content (AvgIpc) is 3.31. The normalized spacial score (nSPS) is 18.6. The second-order valence-corrected chi connectivity index (χ2v) is 8.69. The third-order valence-electron chi connectivity index (χ3n) is 5.42. The first-order valence-corrected chi connectivity index (χ1v) is 11.5. The number of nitrogens with zero attached hydrogens (tertiary/aromatic N) is 1. The number of hydrogen-bond donors (Lipinski definition) is 3. The lowest BCUT2D eigenvalue weighted by Gasteiger charge is -2.38. The quantitative estimate of drug-likeness (QED) is 0.539. The van der Waals surface area contributed by atoms with Crippen LogP contribution in [-0.4, -0.2) is 52.2 Å². The third-order valence-corrected chi connectivity index (χ3v) is 6.64. The van der Waals surface area contributed by atoms with E-state index in [0.29, 0.717) is 25.4 Å². The van der Waals surface area contributed by atoms with Crippen LogP contribution in [0, 0.1) is 0 Å². The van der Waals surface area contributed by atoms with E-state index < -0.39 is 24.0 Å². The second kappa shape index (κ2) is 10.9. The van der Waals surface area contributed by atoms with Gasteiger partial charge in [0.25, 0.3) is 11.8 Å². The van der Waals surface area contributed by atoms with E-state index in [0.717, 1.165) is 35.3 Å². The standard InChI is InChI=1S/C22H27ClN2O4S/c23-14-15-6-1-2-8-17(15)18-9-3-4-12-25(18)22(29)20(27)19(26)21(28)24-11-10-16-7-5-13-30-16/h1-2,5-8,13,18-20,26-27H,3-4,9-12,14H2,(H,24,28). The predicted molar refractivity (Wildman–Crippen MR) is 117 cm³/mol. The molecule has 1 aromatic carbocycles. The zero-order valence-electron chi connectivity index (χ0n) is 16.7. The van der Waals surface area contributed by atoms with Crippen molar-refractivity contribution in [3.63, 3.8) is 0 Å². The van der Waals surface area contributed by atoms with E-state index in [1.807, 2.05) is 41.8 Å². The average molecular weight is 451 g/mol. The molecule has 1 saturated heterocycles. The Bertz CT molecular complexity index is 845. The molecule has 2 aromatic rings. The minimum absolute atomic E-state index is 0.232. The van der Waals surface area contributed by atoms with E-state index in [9.17, 15) is 19.8 Å². The van der Waals surface area contributed by atoms with E-state index in [-0.39, 0.29) is 6.04 Å². The number of rotatable bonds is 8. The number of aliphatic hydroxyl groups excluding tert-OH is 2. The van der Waals surface area contributed by atoms with Gasteiger partial charge in [0.1, 0.15) is 0 Å². The number of benzene rings is 1. The van der Waals surface area contributed by atoms with Crippen LogP contribution in [0.5, 0.6) is 0 Å². The molecule has 2 heterocycles. The van der Waals surface area contributed by atoms with E-state index in [4.69, 9.17) is 11.6 Å². The van der Waals surface area contributed by atoms with Gasteiger partial charge in [0, 0.05) is 23.8 Å². The molecule has 1 aliphatic heterocycles. The van der Waals surface area contributed by atoms with Crippen LogP contribution in [-0.2, 0) is 21.9 Å². The van der Waals surface area contributed by atoms with Crippen molar-refractivity contribution >= 4 is 34.8 Å². The van der Waals surface area contributed by atoms with Crippen LogP contribution in [0.25, 0.3) is 0 Å². The largest absolute Gasteiger partial charge is 0.380 e. The number of carbonyl (C=O) groups is 2. The first kappa shape index (κ1) is 22.7. The van der Waals surface area contributed by atoms with Crippen LogP contribution in [0.1, 0.15) is 41.3 Å². The summed E-state index contributed by atoms with van der Waals surface area (Å²) >= 11 is 7.65. The Morgan fingerprint density at radius 1 is 1.17 bits per heavy atom. The highest BCUT2D eigenvalue weighted by Crippen LogP contribution is 2.34. The van der Waals surface area contributed by atoms with Crippen molar-refractivity contribution in [2.75, 3.05) is 13.1 Å². The van der Waals surface area contributed by atoms with Crippen LogP contribution in [0.3, 0.4) is 0 Å². The molecule has 2 amide bonds. The first-order chi connectivity index (χ1) is 14.5. The molecule has 0 radical (unpaired) electrons. The van der Waals surface area contributed by atoms with Gasteiger partial charge in [-0.3, -0.25) is 9.59 Å². The fourth-order valence-electron chi connectivity index (χ4n) is 3.82. The van der Waals surface area contributed by atoms with Crippen LogP contribution < -0.4 is 5.32 Å². The smallest absolute Gasteiger partial charge is 0.255 e. The molecule has 3 N–H and O–H groups in total. The molecule has 6 nitrogen and oxygen atoms in total. The summed E-state index contributed by atoms with van der Waals surface area (Å²) in [7, 11) is 0. The summed E-state index contributed by atoms with van der Waals surface area (Å²) in [6.07, 6.45) is -0.491. The zero-order chi connectivity index (χ0) is 21.5. The lowest BCUT2D eigenvalue weighted by molar-refractivity contribution is -0.156. The first-order valence-electron chi connectivity index (χ1n) is 10.1. The van der Waals surface area contributed by atoms with Crippen LogP contribution in [0.4, 0.5) is 0 Å². The van der Waals surface area contributed by atoms with Crippen LogP contribution in [0.2, 0.25) is 0 Å². The number of carbonyl (C=O) groups excluding carboxylic acids is 2. The number of alkyl halides is 1. The van der Waals surface area contributed by atoms with E-state index in [1.54, 1.807) is 16.2 Å². The summed E-state index contributed by atoms with van der Waals surface area (Å²) in [5, 5.41) is 25.3. The number of likely N-dealkylation sites (tertiary alicyclic amines) is 1. The zero-order valence-corrected chi connectivity index (χ0v) is 18.2. The summed E-state index contributed by atoms with van der Waals surface area (Å²) in [6, 6.07) is 11.3. The molecule has 0 aliphatic carbocycles. The van der Waals surface area contributed by atoms with E-state index in [2.05, 4.69) is 5.32 Å². The Labute approximate surface area is 185 Å². The molecule has 0 saturated carbocycles. The van der Waals surface area contributed by atoms with Gasteiger partial charge in [-0.15, -0.1) is 22.9 Å². The molecule has 3 atom stereocenters. The molecule has 0 bridgehead atoms. The summed E-state index contributed by atoms with van der Waals surface area (Å²) in [5.41, 5.74) is 1.88. The van der Waals surface area contributed by atoms with E-state index >= 15 is 0 Å². The number of aliphatic hydroxyl groups is 2. The molecule has 30 heavy (non-hydrogen) atoms. The molecular weight excluding hydrogens is 424 g/mol. The lowest BCUT2D eigenvalue weighted by atomic mass is 9.91. The molecule has 162 valence electrons.